The van der Waals surface area contributed by atoms with E-state index >= 15 is 0 Å². The summed E-state index contributed by atoms with van der Waals surface area (Å²) in [6.07, 6.45) is -3.71. The lowest BCUT2D eigenvalue weighted by Gasteiger charge is -2.08. The van der Waals surface area contributed by atoms with Gasteiger partial charge in [0.05, 0.1) is 5.56 Å². The van der Waals surface area contributed by atoms with Crippen molar-refractivity contribution in [2.24, 2.45) is 0 Å². The number of hydrogen-bond donors (Lipinski definition) is 0. The molecule has 0 amide bonds. The van der Waals surface area contributed by atoms with Gasteiger partial charge in [-0.25, -0.2) is 4.98 Å². The number of nitrogens with zero attached hydrogens (tertiary/aromatic N) is 1. The maximum absolute atomic E-state index is 12.5. The summed E-state index contributed by atoms with van der Waals surface area (Å²) in [4.78, 5) is 3.09. The minimum atomic E-state index is -4.51. The van der Waals surface area contributed by atoms with E-state index in [-0.39, 0.29) is 0 Å². The van der Waals surface area contributed by atoms with E-state index in [2.05, 4.69) is 4.98 Å². The average Bonchev–Trinajstić information content (AvgIpc) is 2.11. The van der Waals surface area contributed by atoms with Crippen LogP contribution < -0.4 is 0 Å². The first-order valence-corrected chi connectivity index (χ1v) is 4.11. The van der Waals surface area contributed by atoms with Crippen molar-refractivity contribution in [2.45, 2.75) is 26.9 Å². The van der Waals surface area contributed by atoms with Gasteiger partial charge in [-0.1, -0.05) is 13.8 Å². The lowest BCUT2D eigenvalue weighted by atomic mass is 10.1. The fourth-order valence-electron chi connectivity index (χ4n) is 0.817. The third-order valence-electron chi connectivity index (χ3n) is 1.45. The third-order valence-corrected chi connectivity index (χ3v) is 1.45. The summed E-state index contributed by atoms with van der Waals surface area (Å²) in [5.74, 6) is -1.08. The van der Waals surface area contributed by atoms with E-state index in [4.69, 9.17) is 0 Å². The van der Waals surface area contributed by atoms with Gasteiger partial charge in [0.25, 0.3) is 0 Å². The Morgan fingerprint density at radius 3 is 2.07 bits per heavy atom. The van der Waals surface area contributed by atoms with Gasteiger partial charge in [0, 0.05) is 11.8 Å². The van der Waals surface area contributed by atoms with Crippen molar-refractivity contribution in [1.82, 2.24) is 4.98 Å². The average molecular weight is 209 g/mol. The minimum absolute atomic E-state index is 0.468. The highest BCUT2D eigenvalue weighted by Crippen LogP contribution is 2.31. The van der Waals surface area contributed by atoms with Gasteiger partial charge in [-0.05, 0) is 13.0 Å². The normalized spacial score (nSPS) is 10.5. The van der Waals surface area contributed by atoms with Gasteiger partial charge in [-0.15, -0.1) is 0 Å². The van der Waals surface area contributed by atoms with Gasteiger partial charge in [-0.2, -0.15) is 17.6 Å². The molecule has 1 nitrogen and oxygen atoms in total. The molecule has 1 rings (SSSR count). The summed E-state index contributed by atoms with van der Waals surface area (Å²) in [6.45, 7) is 5.05. The maximum atomic E-state index is 12.5. The number of aromatic nitrogens is 1. The van der Waals surface area contributed by atoms with Crippen LogP contribution in [-0.2, 0) is 6.18 Å². The summed E-state index contributed by atoms with van der Waals surface area (Å²) in [5.41, 5.74) is -1.44. The molecule has 0 radical (unpaired) electrons. The second-order valence-electron chi connectivity index (χ2n) is 2.27. The molecular formula is C9H11F4N. The standard InChI is InChI=1S/C7H5F4N.C2H6/c1-4-5(7(9,10)11)2-3-12-6(4)8;1-2/h2-3H,1H3;1-2H3. The molecule has 0 unspecified atom stereocenters. The number of pyridine rings is 1. The first-order valence-electron chi connectivity index (χ1n) is 4.11. The van der Waals surface area contributed by atoms with Gasteiger partial charge in [0.1, 0.15) is 0 Å². The Balaban J connectivity index is 0.000000791. The van der Waals surface area contributed by atoms with Crippen LogP contribution >= 0.6 is 0 Å². The van der Waals surface area contributed by atoms with Crippen molar-refractivity contribution in [3.8, 4) is 0 Å². The Labute approximate surface area is 79.8 Å². The Kier molecular flexibility index (Phi) is 4.53. The number of halogens is 4. The van der Waals surface area contributed by atoms with Crippen LogP contribution in [0.5, 0.6) is 0 Å². The molecule has 1 heterocycles. The molecule has 0 spiro atoms. The van der Waals surface area contributed by atoms with E-state index in [9.17, 15) is 17.6 Å². The highest BCUT2D eigenvalue weighted by molar-refractivity contribution is 5.25. The zero-order chi connectivity index (χ0) is 11.4. The van der Waals surface area contributed by atoms with Crippen LogP contribution in [0.4, 0.5) is 17.6 Å². The van der Waals surface area contributed by atoms with Gasteiger partial charge in [0.15, 0.2) is 0 Å². The van der Waals surface area contributed by atoms with E-state index in [1.54, 1.807) is 0 Å². The summed E-state index contributed by atoms with van der Waals surface area (Å²) >= 11 is 0. The molecule has 0 saturated carbocycles. The van der Waals surface area contributed by atoms with Crippen molar-refractivity contribution in [1.29, 1.82) is 0 Å². The van der Waals surface area contributed by atoms with E-state index in [0.717, 1.165) is 19.2 Å². The van der Waals surface area contributed by atoms with Crippen molar-refractivity contribution in [2.75, 3.05) is 0 Å². The topological polar surface area (TPSA) is 12.9 Å². The van der Waals surface area contributed by atoms with Crippen molar-refractivity contribution < 1.29 is 17.6 Å². The highest BCUT2D eigenvalue weighted by atomic mass is 19.4. The van der Waals surface area contributed by atoms with Gasteiger partial charge < -0.3 is 0 Å². The monoisotopic (exact) mass is 209 g/mol. The molecule has 0 saturated heterocycles. The van der Waals surface area contributed by atoms with Crippen LogP contribution in [0, 0.1) is 12.9 Å². The summed E-state index contributed by atoms with van der Waals surface area (Å²) in [6, 6.07) is 0.748. The molecule has 0 aliphatic heterocycles. The van der Waals surface area contributed by atoms with Crippen LogP contribution in [0.15, 0.2) is 12.3 Å². The van der Waals surface area contributed by atoms with Gasteiger partial charge in [0.2, 0.25) is 5.95 Å². The molecular weight excluding hydrogens is 198 g/mol. The zero-order valence-electron chi connectivity index (χ0n) is 8.11. The Morgan fingerprint density at radius 2 is 1.71 bits per heavy atom. The largest absolute Gasteiger partial charge is 0.416 e. The van der Waals surface area contributed by atoms with Gasteiger partial charge in [-0.3, -0.25) is 0 Å². The van der Waals surface area contributed by atoms with E-state index in [1.165, 1.54) is 0 Å². The lowest BCUT2D eigenvalue weighted by Crippen LogP contribution is -2.09. The molecule has 0 aliphatic carbocycles. The van der Waals surface area contributed by atoms with E-state index in [0.29, 0.717) is 0 Å². The van der Waals surface area contributed by atoms with Gasteiger partial charge >= 0.3 is 6.18 Å². The Morgan fingerprint density at radius 1 is 1.21 bits per heavy atom. The predicted molar refractivity (Wildman–Crippen MR) is 45.3 cm³/mol. The van der Waals surface area contributed by atoms with E-state index < -0.39 is 23.3 Å². The Bertz CT molecular complexity index is 293. The molecule has 14 heavy (non-hydrogen) atoms. The molecule has 1 aromatic heterocycles. The quantitative estimate of drug-likeness (QED) is 0.470. The van der Waals surface area contributed by atoms with Crippen LogP contribution in [0.25, 0.3) is 0 Å². The van der Waals surface area contributed by atoms with Crippen molar-refractivity contribution in [3.05, 3.63) is 29.3 Å². The highest BCUT2D eigenvalue weighted by Gasteiger charge is 2.33. The number of alkyl halides is 3. The molecule has 5 heteroatoms. The number of rotatable bonds is 0. The second-order valence-corrected chi connectivity index (χ2v) is 2.27. The van der Waals surface area contributed by atoms with Crippen LogP contribution in [-0.4, -0.2) is 4.98 Å². The summed E-state index contributed by atoms with van der Waals surface area (Å²) in [5, 5.41) is 0. The molecule has 0 aliphatic rings. The second kappa shape index (κ2) is 4.93. The fraction of sp³-hybridized carbons (Fsp3) is 0.444. The van der Waals surface area contributed by atoms with Crippen molar-refractivity contribution in [3.63, 3.8) is 0 Å². The lowest BCUT2D eigenvalue weighted by molar-refractivity contribution is -0.138. The van der Waals surface area contributed by atoms with Crippen LogP contribution in [0.3, 0.4) is 0 Å². The first-order chi connectivity index (χ1) is 6.43. The zero-order valence-corrected chi connectivity index (χ0v) is 8.11. The molecule has 0 bridgehead atoms. The summed E-state index contributed by atoms with van der Waals surface area (Å²) < 4.78 is 48.6. The number of hydrogen-bond acceptors (Lipinski definition) is 1. The van der Waals surface area contributed by atoms with Crippen LogP contribution in [0.2, 0.25) is 0 Å². The van der Waals surface area contributed by atoms with Crippen molar-refractivity contribution >= 4 is 0 Å². The van der Waals surface area contributed by atoms with E-state index in [1.807, 2.05) is 13.8 Å². The first kappa shape index (κ1) is 12.9. The third kappa shape index (κ3) is 2.97. The summed E-state index contributed by atoms with van der Waals surface area (Å²) in [7, 11) is 0. The molecule has 0 atom stereocenters. The molecule has 0 aromatic carbocycles. The Hall–Kier alpha value is -1.13. The molecule has 0 N–H and O–H groups in total. The predicted octanol–water partition coefficient (Wildman–Crippen LogP) is 3.57. The fourth-order valence-corrected chi connectivity index (χ4v) is 0.817. The smallest absolute Gasteiger partial charge is 0.228 e. The van der Waals surface area contributed by atoms with Crippen LogP contribution in [0.1, 0.15) is 25.0 Å². The minimum Gasteiger partial charge on any atom is -0.228 e. The maximum Gasteiger partial charge on any atom is 0.416 e. The molecule has 1 aromatic rings. The SMILES string of the molecule is CC.Cc1c(C(F)(F)F)ccnc1F. The molecule has 80 valence electrons. The molecule has 0 fully saturated rings.